The third-order valence-electron chi connectivity index (χ3n) is 3.33. The second-order valence-electron chi connectivity index (χ2n) is 4.52. The number of aromatic nitrogens is 1. The second-order valence-corrected chi connectivity index (χ2v) is 5.66. The van der Waals surface area contributed by atoms with Gasteiger partial charge in [0.05, 0.1) is 0 Å². The third-order valence-corrected chi connectivity index (χ3v) is 4.43. The summed E-state index contributed by atoms with van der Waals surface area (Å²) in [7, 11) is 1.80. The van der Waals surface area contributed by atoms with E-state index in [1.54, 1.807) is 25.4 Å². The summed E-state index contributed by atoms with van der Waals surface area (Å²) >= 11 is 1.89. The van der Waals surface area contributed by atoms with Gasteiger partial charge in [-0.15, -0.1) is 0 Å². The van der Waals surface area contributed by atoms with Gasteiger partial charge in [0, 0.05) is 30.1 Å². The van der Waals surface area contributed by atoms with E-state index in [2.05, 4.69) is 21.9 Å². The molecule has 0 saturated heterocycles. The molecule has 18 heavy (non-hydrogen) atoms. The van der Waals surface area contributed by atoms with E-state index >= 15 is 0 Å². The van der Waals surface area contributed by atoms with Crippen LogP contribution in [-0.2, 0) is 0 Å². The van der Waals surface area contributed by atoms with Crippen LogP contribution < -0.4 is 10.6 Å². The molecule has 2 unspecified atom stereocenters. The number of amides is 1. The first kappa shape index (κ1) is 13.2. The number of nitrogens with one attached hydrogen (secondary N) is 2. The van der Waals surface area contributed by atoms with Gasteiger partial charge in [-0.05, 0) is 37.7 Å². The van der Waals surface area contributed by atoms with E-state index in [0.717, 1.165) is 18.7 Å². The maximum atomic E-state index is 12.1. The number of carbonyl (C=O) groups excluding carboxylic acids is 1. The van der Waals surface area contributed by atoms with E-state index in [9.17, 15) is 4.79 Å². The Morgan fingerprint density at radius 3 is 3.00 bits per heavy atom. The first-order valence-corrected chi connectivity index (χ1v) is 7.49. The normalized spacial score (nSPS) is 22.8. The summed E-state index contributed by atoms with van der Waals surface area (Å²) in [6, 6.07) is 3.84. The van der Waals surface area contributed by atoms with E-state index in [4.69, 9.17) is 0 Å². The molecule has 1 heterocycles. The van der Waals surface area contributed by atoms with E-state index in [1.807, 2.05) is 11.8 Å². The smallest absolute Gasteiger partial charge is 0.251 e. The van der Waals surface area contributed by atoms with Crippen LogP contribution in [0, 0.1) is 0 Å². The van der Waals surface area contributed by atoms with Crippen LogP contribution in [-0.4, -0.2) is 35.5 Å². The van der Waals surface area contributed by atoms with Gasteiger partial charge in [-0.2, -0.15) is 11.8 Å². The van der Waals surface area contributed by atoms with E-state index < -0.39 is 0 Å². The molecule has 1 aromatic rings. The summed E-state index contributed by atoms with van der Waals surface area (Å²) in [4.78, 5) is 16.2. The van der Waals surface area contributed by atoms with E-state index in [1.165, 1.54) is 6.42 Å². The summed E-state index contributed by atoms with van der Waals surface area (Å²) < 4.78 is 0. The first-order chi connectivity index (χ1) is 8.72. The van der Waals surface area contributed by atoms with Gasteiger partial charge in [0.1, 0.15) is 5.82 Å². The molecule has 0 aromatic carbocycles. The van der Waals surface area contributed by atoms with Crippen LogP contribution in [0.3, 0.4) is 0 Å². The summed E-state index contributed by atoms with van der Waals surface area (Å²) in [5.74, 6) is 0.719. The molecule has 2 atom stereocenters. The van der Waals surface area contributed by atoms with Crippen LogP contribution in [0.5, 0.6) is 0 Å². The van der Waals surface area contributed by atoms with Crippen molar-refractivity contribution in [2.45, 2.75) is 30.6 Å². The highest BCUT2D eigenvalue weighted by Gasteiger charge is 2.25. The lowest BCUT2D eigenvalue weighted by molar-refractivity contribution is 0.0938. The average Bonchev–Trinajstić information content (AvgIpc) is 2.86. The van der Waals surface area contributed by atoms with Gasteiger partial charge in [-0.3, -0.25) is 4.79 Å². The van der Waals surface area contributed by atoms with E-state index in [0.29, 0.717) is 16.9 Å². The molecule has 1 aliphatic rings. The van der Waals surface area contributed by atoms with Gasteiger partial charge in [-0.25, -0.2) is 4.98 Å². The van der Waals surface area contributed by atoms with Crippen LogP contribution in [0.15, 0.2) is 18.3 Å². The second kappa shape index (κ2) is 6.09. The molecule has 0 aliphatic heterocycles. The van der Waals surface area contributed by atoms with E-state index in [-0.39, 0.29) is 5.91 Å². The summed E-state index contributed by atoms with van der Waals surface area (Å²) in [6.07, 6.45) is 7.15. The van der Waals surface area contributed by atoms with Crippen LogP contribution in [0.4, 0.5) is 5.82 Å². The number of carbonyl (C=O) groups is 1. The van der Waals surface area contributed by atoms with Gasteiger partial charge in [0.15, 0.2) is 0 Å². The predicted molar refractivity (Wildman–Crippen MR) is 76.2 cm³/mol. The van der Waals surface area contributed by atoms with Crippen molar-refractivity contribution in [3.8, 4) is 0 Å². The lowest BCUT2D eigenvalue weighted by Crippen LogP contribution is -2.33. The molecule has 1 aliphatic carbocycles. The largest absolute Gasteiger partial charge is 0.373 e. The minimum Gasteiger partial charge on any atom is -0.373 e. The number of pyridine rings is 1. The van der Waals surface area contributed by atoms with Crippen molar-refractivity contribution in [2.75, 3.05) is 18.6 Å². The van der Waals surface area contributed by atoms with Crippen molar-refractivity contribution >= 4 is 23.5 Å². The van der Waals surface area contributed by atoms with Crippen molar-refractivity contribution in [1.82, 2.24) is 10.3 Å². The standard InChI is InChI=1S/C13H19N3OS/c1-14-12-7-9(5-6-15-12)13(17)16-10-3-4-11(8-10)18-2/h5-7,10-11H,3-4,8H2,1-2H3,(H,14,15)(H,16,17). The molecule has 1 saturated carbocycles. The van der Waals surface area contributed by atoms with Crippen LogP contribution in [0.25, 0.3) is 0 Å². The van der Waals surface area contributed by atoms with Crippen LogP contribution >= 0.6 is 11.8 Å². The monoisotopic (exact) mass is 265 g/mol. The van der Waals surface area contributed by atoms with Crippen LogP contribution in [0.2, 0.25) is 0 Å². The lowest BCUT2D eigenvalue weighted by atomic mass is 10.2. The zero-order valence-corrected chi connectivity index (χ0v) is 11.6. The number of rotatable bonds is 4. The molecule has 1 fully saturated rings. The molecular weight excluding hydrogens is 246 g/mol. The quantitative estimate of drug-likeness (QED) is 0.876. The first-order valence-electron chi connectivity index (χ1n) is 6.20. The lowest BCUT2D eigenvalue weighted by Gasteiger charge is -2.13. The predicted octanol–water partition coefficient (Wildman–Crippen LogP) is 2.14. The Balaban J connectivity index is 1.95. The average molecular weight is 265 g/mol. The minimum absolute atomic E-state index is 0.000605. The molecule has 0 radical (unpaired) electrons. The van der Waals surface area contributed by atoms with Crippen molar-refractivity contribution in [3.63, 3.8) is 0 Å². The molecule has 4 nitrogen and oxygen atoms in total. The molecule has 5 heteroatoms. The topological polar surface area (TPSA) is 54.0 Å². The highest BCUT2D eigenvalue weighted by Crippen LogP contribution is 2.28. The maximum absolute atomic E-state index is 12.1. The highest BCUT2D eigenvalue weighted by molar-refractivity contribution is 7.99. The summed E-state index contributed by atoms with van der Waals surface area (Å²) in [5.41, 5.74) is 0.668. The zero-order chi connectivity index (χ0) is 13.0. The fraction of sp³-hybridized carbons (Fsp3) is 0.538. The molecule has 0 bridgehead atoms. The molecular formula is C13H19N3OS. The fourth-order valence-electron chi connectivity index (χ4n) is 2.26. The molecule has 2 N–H and O–H groups in total. The van der Waals surface area contributed by atoms with Gasteiger partial charge in [0.2, 0.25) is 0 Å². The number of thioether (sulfide) groups is 1. The summed E-state index contributed by atoms with van der Waals surface area (Å²) in [5, 5.41) is 6.74. The molecule has 1 aromatic heterocycles. The van der Waals surface area contributed by atoms with Crippen molar-refractivity contribution in [2.24, 2.45) is 0 Å². The molecule has 0 spiro atoms. The fourth-order valence-corrected chi connectivity index (χ4v) is 3.06. The van der Waals surface area contributed by atoms with Gasteiger partial charge in [-0.1, -0.05) is 0 Å². The number of hydrogen-bond donors (Lipinski definition) is 2. The Labute approximate surface area is 112 Å². The molecule has 2 rings (SSSR count). The third kappa shape index (κ3) is 3.16. The Morgan fingerprint density at radius 1 is 1.50 bits per heavy atom. The van der Waals surface area contributed by atoms with Crippen LogP contribution in [0.1, 0.15) is 29.6 Å². The van der Waals surface area contributed by atoms with Crippen molar-refractivity contribution < 1.29 is 4.79 Å². The Morgan fingerprint density at radius 2 is 2.33 bits per heavy atom. The number of hydrogen-bond acceptors (Lipinski definition) is 4. The zero-order valence-electron chi connectivity index (χ0n) is 10.8. The van der Waals surface area contributed by atoms with Crippen molar-refractivity contribution in [3.05, 3.63) is 23.9 Å². The minimum atomic E-state index is 0.000605. The Bertz CT molecular complexity index is 424. The number of anilines is 1. The Kier molecular flexibility index (Phi) is 4.47. The SMILES string of the molecule is CNc1cc(C(=O)NC2CCC(SC)C2)ccn1. The highest BCUT2D eigenvalue weighted by atomic mass is 32.2. The molecule has 98 valence electrons. The van der Waals surface area contributed by atoms with Crippen molar-refractivity contribution in [1.29, 1.82) is 0 Å². The molecule has 1 amide bonds. The van der Waals surface area contributed by atoms with Gasteiger partial charge in [0.25, 0.3) is 5.91 Å². The number of nitrogens with zero attached hydrogens (tertiary/aromatic N) is 1. The van der Waals surface area contributed by atoms with Gasteiger partial charge < -0.3 is 10.6 Å². The summed E-state index contributed by atoms with van der Waals surface area (Å²) in [6.45, 7) is 0. The Hall–Kier alpha value is -1.23. The van der Waals surface area contributed by atoms with Gasteiger partial charge >= 0.3 is 0 Å². The maximum Gasteiger partial charge on any atom is 0.251 e.